The van der Waals surface area contributed by atoms with Gasteiger partial charge in [0.25, 0.3) is 17.7 Å². The molecule has 6 atom stereocenters. The molecule has 2 heterocycles. The molecule has 1 aromatic heterocycles. The molecule has 1 fully saturated rings. The van der Waals surface area contributed by atoms with Gasteiger partial charge >= 0.3 is 25.5 Å². The number of aliphatic carboxylic acids is 2. The van der Waals surface area contributed by atoms with E-state index in [1.807, 2.05) is 52.5 Å². The molecule has 1 aromatic carbocycles. The van der Waals surface area contributed by atoms with E-state index >= 15 is 0 Å². The van der Waals surface area contributed by atoms with Crippen LogP contribution in [-0.2, 0) is 58.8 Å². The lowest BCUT2D eigenvalue weighted by atomic mass is 9.83. The number of carboxylic acid groups (broad SMARTS) is 2. The topological polar surface area (TPSA) is 353 Å². The number of phenols is 1. The number of anilines is 1. The van der Waals surface area contributed by atoms with E-state index in [0.717, 1.165) is 37.1 Å². The minimum absolute atomic E-state index is 0.0507. The van der Waals surface area contributed by atoms with Gasteiger partial charge in [-0.15, -0.1) is 11.3 Å². The van der Waals surface area contributed by atoms with Crippen LogP contribution in [0.3, 0.4) is 0 Å². The van der Waals surface area contributed by atoms with Gasteiger partial charge in [0.1, 0.15) is 16.5 Å². The van der Waals surface area contributed by atoms with Crippen molar-refractivity contribution in [2.24, 2.45) is 17.8 Å². The van der Waals surface area contributed by atoms with Crippen molar-refractivity contribution in [1.29, 1.82) is 0 Å². The Morgan fingerprint density at radius 1 is 0.949 bits per heavy atom. The van der Waals surface area contributed by atoms with Crippen molar-refractivity contribution < 1.29 is 72.5 Å². The lowest BCUT2D eigenvalue weighted by Crippen LogP contribution is -2.48. The van der Waals surface area contributed by atoms with E-state index in [4.69, 9.17) is 19.7 Å². The fourth-order valence-corrected chi connectivity index (χ4v) is 10.5. The number of carbonyl (C=O) groups is 9. The van der Waals surface area contributed by atoms with E-state index in [1.54, 1.807) is 29.5 Å². The molecule has 78 heavy (non-hydrogen) atoms. The van der Waals surface area contributed by atoms with Gasteiger partial charge in [0.15, 0.2) is 11.9 Å². The number of hydrogen-bond acceptors (Lipinski definition) is 16. The second-order valence-corrected chi connectivity index (χ2v) is 22.2. The minimum Gasteiger partial charge on any atom is -0.506 e. The smallest absolute Gasteiger partial charge is 0.328 e. The second-order valence-electron chi connectivity index (χ2n) is 19.3. The molecule has 27 heteroatoms. The summed E-state index contributed by atoms with van der Waals surface area (Å²) in [6.07, 6.45) is 6.62. The molecule has 3 rings (SSSR count). The summed E-state index contributed by atoms with van der Waals surface area (Å²) in [6.45, 7) is 11.5. The summed E-state index contributed by atoms with van der Waals surface area (Å²) >= 11 is 1.16. The maximum atomic E-state index is 14.4. The number of nitrogens with one attached hydrogen (secondary N) is 7. The maximum Gasteiger partial charge on any atom is 0.328 e. The molecule has 10 N–H and O–H groups in total. The van der Waals surface area contributed by atoms with Gasteiger partial charge in [0, 0.05) is 81.0 Å². The fraction of sp³-hybridized carbons (Fsp3) is 0.569. The number of rotatable bonds is 34. The number of aromatic hydroxyl groups is 1. The van der Waals surface area contributed by atoms with Crippen LogP contribution >= 0.6 is 18.9 Å². The van der Waals surface area contributed by atoms with Gasteiger partial charge in [-0.3, -0.25) is 53.9 Å². The second kappa shape index (κ2) is 33.1. The number of phenolic OH excluding ortho intramolecular Hbond substituents is 1. The van der Waals surface area contributed by atoms with Crippen molar-refractivity contribution in [2.45, 2.75) is 130 Å². The molecule has 1 aliphatic rings. The Kier molecular flexibility index (Phi) is 28.0. The Morgan fingerprint density at radius 3 is 2.18 bits per heavy atom. The van der Waals surface area contributed by atoms with E-state index in [-0.39, 0.29) is 85.7 Å². The van der Waals surface area contributed by atoms with E-state index in [9.17, 15) is 52.8 Å². The number of aromatic nitrogens is 1. The molecule has 0 bridgehead atoms. The van der Waals surface area contributed by atoms with Crippen molar-refractivity contribution in [3.05, 3.63) is 64.1 Å². The number of Topliss-reactive ketones (excluding diaryl/α,β-unsaturated/α-hetero) is 1. The SMILES string of the molecule is CCC[C@H](Cc1ccc(O)c(NC(=O)CCOCCNP(=O)(NNC(=O)/C=C\C(=O)O)NNC(=O)/C=C\C(=O)O)c1)NC(=O)c1csc([C@@H](C[C@H](C(C)C)N(C)C(=O)[C@@H](CC(=O)[C@H]2CCCCN2C)[C@@H](C)CC)OC(C)=O)n1. The summed E-state index contributed by atoms with van der Waals surface area (Å²) in [6, 6.07) is 3.61. The van der Waals surface area contributed by atoms with Crippen LogP contribution in [0.15, 0.2) is 47.9 Å². The van der Waals surface area contributed by atoms with Gasteiger partial charge < -0.3 is 40.3 Å². The van der Waals surface area contributed by atoms with Crippen molar-refractivity contribution in [2.75, 3.05) is 45.7 Å². The number of hydrazine groups is 2. The fourth-order valence-electron chi connectivity index (χ4n) is 8.55. The molecule has 1 saturated heterocycles. The summed E-state index contributed by atoms with van der Waals surface area (Å²) in [5.41, 5.74) is 4.81. The number of ketones is 1. The number of carbonyl (C=O) groups excluding carboxylic acids is 7. The zero-order valence-electron chi connectivity index (χ0n) is 45.5. The third-order valence-corrected chi connectivity index (χ3v) is 15.4. The predicted molar refractivity (Wildman–Crippen MR) is 289 cm³/mol. The predicted octanol–water partition coefficient (Wildman–Crippen LogP) is 4.14. The molecule has 1 aliphatic heterocycles. The summed E-state index contributed by atoms with van der Waals surface area (Å²) in [4.78, 5) is 121. The van der Waals surface area contributed by atoms with Crippen LogP contribution in [-0.4, -0.2) is 142 Å². The number of carboxylic acids is 2. The van der Waals surface area contributed by atoms with Gasteiger partial charge in [-0.1, -0.05) is 59.9 Å². The summed E-state index contributed by atoms with van der Waals surface area (Å²) in [7, 11) is -0.449. The number of likely N-dealkylation sites (tertiary alicyclic amines) is 1. The number of benzene rings is 1. The number of hydrogen-bond donors (Lipinski definition) is 10. The van der Waals surface area contributed by atoms with E-state index < -0.39 is 73.2 Å². The molecule has 0 radical (unpaired) electrons. The van der Waals surface area contributed by atoms with Crippen LogP contribution < -0.4 is 37.0 Å². The normalized spacial score (nSPS) is 15.9. The van der Waals surface area contributed by atoms with E-state index in [0.29, 0.717) is 60.6 Å². The Balaban J connectivity index is 1.63. The number of ether oxygens (including phenoxy) is 2. The average molecular weight is 1130 g/mol. The van der Waals surface area contributed by atoms with Crippen LogP contribution in [0.1, 0.15) is 126 Å². The summed E-state index contributed by atoms with van der Waals surface area (Å²) in [5.74, 6) is -7.40. The van der Waals surface area contributed by atoms with Gasteiger partial charge in [-0.2, -0.15) is 10.4 Å². The zero-order chi connectivity index (χ0) is 58.1. The van der Waals surface area contributed by atoms with E-state index in [2.05, 4.69) is 36.0 Å². The molecular formula is C51H77N10O15PS. The van der Waals surface area contributed by atoms with Gasteiger partial charge in [-0.25, -0.2) is 19.7 Å². The molecular weight excluding hydrogens is 1060 g/mol. The number of thiazole rings is 1. The lowest BCUT2D eigenvalue weighted by molar-refractivity contribution is -0.149. The van der Waals surface area contributed by atoms with Crippen molar-refractivity contribution in [3.8, 4) is 5.75 Å². The molecule has 25 nitrogen and oxygen atoms in total. The largest absolute Gasteiger partial charge is 0.506 e. The first-order chi connectivity index (χ1) is 36.9. The Bertz CT molecular complexity index is 2460. The van der Waals surface area contributed by atoms with Crippen LogP contribution in [0.4, 0.5) is 5.69 Å². The molecule has 432 valence electrons. The van der Waals surface area contributed by atoms with Crippen molar-refractivity contribution >= 4 is 77.8 Å². The highest BCUT2D eigenvalue weighted by Gasteiger charge is 2.38. The first kappa shape index (κ1) is 65.9. The van der Waals surface area contributed by atoms with Crippen LogP contribution in [0.25, 0.3) is 0 Å². The average Bonchev–Trinajstić information content (AvgIpc) is 3.90. The molecule has 0 saturated carbocycles. The minimum atomic E-state index is -4.14. The Labute approximate surface area is 458 Å². The molecule has 0 spiro atoms. The number of esters is 1. The number of piperidine rings is 1. The number of amides is 5. The number of nitrogens with zero attached hydrogens (tertiary/aromatic N) is 3. The third kappa shape index (κ3) is 22.9. The summed E-state index contributed by atoms with van der Waals surface area (Å²) in [5, 5.41) is 42.4. The van der Waals surface area contributed by atoms with Crippen molar-refractivity contribution in [1.82, 2.24) is 46.4 Å². The molecule has 5 amide bonds. The monoisotopic (exact) mass is 1130 g/mol. The molecule has 0 aliphatic carbocycles. The molecule has 2 aromatic rings. The number of likely N-dealkylation sites (N-methyl/N-ethyl adjacent to an activating group) is 1. The first-order valence-corrected chi connectivity index (χ1v) is 28.4. The Morgan fingerprint density at radius 2 is 1.60 bits per heavy atom. The highest BCUT2D eigenvalue weighted by Crippen LogP contribution is 2.34. The zero-order valence-corrected chi connectivity index (χ0v) is 47.2. The van der Waals surface area contributed by atoms with E-state index in [1.165, 1.54) is 13.0 Å². The van der Waals surface area contributed by atoms with Gasteiger partial charge in [-0.05, 0) is 68.8 Å². The highest BCUT2D eigenvalue weighted by molar-refractivity contribution is 7.57. The van der Waals surface area contributed by atoms with Gasteiger partial charge in [0.2, 0.25) is 11.8 Å². The van der Waals surface area contributed by atoms with Crippen LogP contribution in [0.2, 0.25) is 0 Å². The quantitative estimate of drug-likeness (QED) is 0.0118. The lowest BCUT2D eigenvalue weighted by Gasteiger charge is -2.37. The van der Waals surface area contributed by atoms with Gasteiger partial charge in [0.05, 0.1) is 31.4 Å². The van der Waals surface area contributed by atoms with Crippen molar-refractivity contribution in [3.63, 3.8) is 0 Å². The van der Waals surface area contributed by atoms with Crippen LogP contribution in [0, 0.1) is 17.8 Å². The van der Waals surface area contributed by atoms with Crippen LogP contribution in [0.5, 0.6) is 5.75 Å². The summed E-state index contributed by atoms with van der Waals surface area (Å²) < 4.78 is 24.6. The third-order valence-electron chi connectivity index (χ3n) is 12.9. The Hall–Kier alpha value is -6.41. The first-order valence-electron chi connectivity index (χ1n) is 25.8. The maximum absolute atomic E-state index is 14.4. The standard InChI is InChI=1S/C51H77N10O15PS/c1-9-13-35(26-34-15-16-41(63)37(27-34)54-44(65)21-24-75-25-22-52-77(74,58-56-45(66)17-19-47(68)69)59-57-46(67)18-20-48(70)71)53-49(72)38-30-78-50(55-38)43(76-33(6)62)29-40(31(3)4)61(8)51(73)36(32(5)10-2)28-42(64)39-14-11-12-23-60(39)7/h15-20,27,30-32,35-36,39-40,43,63H,9-14,21-26,28-29H2,1-8H3,(H,53,72)(H,54,65)(H,56,66)(H,57,67)(H,68,69)(H,70,71)(H3,52,58,59,74)/b19-17-,20-18-/t32-,35+,36-,39+,40+,43+/m0/s1. The highest BCUT2D eigenvalue weighted by atomic mass is 32.1. The molecule has 0 unspecified atom stereocenters.